The van der Waals surface area contributed by atoms with Crippen molar-refractivity contribution in [1.82, 2.24) is 19.6 Å². The van der Waals surface area contributed by atoms with Gasteiger partial charge >= 0.3 is 0 Å². The third-order valence-corrected chi connectivity index (χ3v) is 3.14. The molecule has 0 spiro atoms. The number of nitrogens with one attached hydrogen (secondary N) is 1. The highest BCUT2D eigenvalue weighted by atomic mass is 32.2. The molecule has 0 unspecified atom stereocenters. The Labute approximate surface area is 96.3 Å². The summed E-state index contributed by atoms with van der Waals surface area (Å²) in [7, 11) is 0. The van der Waals surface area contributed by atoms with Crippen LogP contribution in [-0.4, -0.2) is 31.9 Å². The van der Waals surface area contributed by atoms with Crippen molar-refractivity contribution >= 4 is 17.5 Å². The van der Waals surface area contributed by atoms with Crippen molar-refractivity contribution < 1.29 is 0 Å². The fraction of sp³-hybridized carbons (Fsp3) is 0.444. The zero-order valence-corrected chi connectivity index (χ0v) is 9.54. The summed E-state index contributed by atoms with van der Waals surface area (Å²) in [5.74, 6) is 2.12. The second-order valence-electron chi connectivity index (χ2n) is 3.30. The molecule has 0 aliphatic carbocycles. The average molecular weight is 239 g/mol. The molecule has 2 aromatic heterocycles. The number of rotatable bonds is 5. The van der Waals surface area contributed by atoms with Crippen LogP contribution in [0.4, 0.5) is 0 Å². The highest BCUT2D eigenvalue weighted by molar-refractivity contribution is 7.98. The minimum atomic E-state index is -0.128. The Kier molecular flexibility index (Phi) is 3.58. The Morgan fingerprint density at radius 1 is 1.56 bits per heavy atom. The van der Waals surface area contributed by atoms with E-state index in [2.05, 4.69) is 15.1 Å². The molecule has 0 bridgehead atoms. The molecule has 86 valence electrons. The Hall–Kier alpha value is -1.34. The first kappa shape index (κ1) is 11.2. The van der Waals surface area contributed by atoms with Gasteiger partial charge in [0.25, 0.3) is 11.3 Å². The maximum absolute atomic E-state index is 11.6. The van der Waals surface area contributed by atoms with Gasteiger partial charge < -0.3 is 5.73 Å². The van der Waals surface area contributed by atoms with Crippen molar-refractivity contribution in [2.75, 3.05) is 12.3 Å². The third kappa shape index (κ3) is 2.42. The van der Waals surface area contributed by atoms with Crippen molar-refractivity contribution in [3.8, 4) is 0 Å². The molecule has 2 heterocycles. The van der Waals surface area contributed by atoms with Crippen LogP contribution in [0.2, 0.25) is 0 Å². The number of nitrogens with two attached hydrogens (primary N) is 1. The normalized spacial score (nSPS) is 11.1. The van der Waals surface area contributed by atoms with Crippen molar-refractivity contribution in [2.45, 2.75) is 12.2 Å². The highest BCUT2D eigenvalue weighted by Gasteiger charge is 2.03. The van der Waals surface area contributed by atoms with E-state index in [-0.39, 0.29) is 5.56 Å². The number of aromatic nitrogens is 4. The quantitative estimate of drug-likeness (QED) is 0.717. The molecule has 0 fully saturated rings. The van der Waals surface area contributed by atoms with Crippen molar-refractivity contribution in [3.63, 3.8) is 0 Å². The predicted molar refractivity (Wildman–Crippen MR) is 63.4 cm³/mol. The van der Waals surface area contributed by atoms with E-state index in [4.69, 9.17) is 5.73 Å². The van der Waals surface area contributed by atoms with Gasteiger partial charge in [0, 0.05) is 11.8 Å². The Morgan fingerprint density at radius 3 is 3.25 bits per heavy atom. The summed E-state index contributed by atoms with van der Waals surface area (Å²) in [6, 6.07) is 1.53. The largest absolute Gasteiger partial charge is 0.330 e. The number of thioether (sulfide) groups is 1. The van der Waals surface area contributed by atoms with Gasteiger partial charge in [0.15, 0.2) is 0 Å². The summed E-state index contributed by atoms with van der Waals surface area (Å²) in [6.07, 6.45) is 2.43. The molecule has 0 radical (unpaired) electrons. The SMILES string of the molecule is NCCCSCc1cc(=O)n2[nH]cnc2n1. The minimum absolute atomic E-state index is 0.128. The van der Waals surface area contributed by atoms with E-state index in [1.807, 2.05) is 0 Å². The molecule has 0 aliphatic heterocycles. The first-order valence-electron chi connectivity index (χ1n) is 5.01. The van der Waals surface area contributed by atoms with Gasteiger partial charge in [-0.15, -0.1) is 0 Å². The monoisotopic (exact) mass is 239 g/mol. The van der Waals surface area contributed by atoms with Crippen LogP contribution in [0, 0.1) is 0 Å². The van der Waals surface area contributed by atoms with Gasteiger partial charge in [-0.2, -0.15) is 16.3 Å². The fourth-order valence-corrected chi connectivity index (χ4v) is 2.18. The van der Waals surface area contributed by atoms with Crippen molar-refractivity contribution in [1.29, 1.82) is 0 Å². The van der Waals surface area contributed by atoms with Crippen LogP contribution < -0.4 is 11.3 Å². The number of hydrogen-bond donors (Lipinski definition) is 2. The zero-order chi connectivity index (χ0) is 11.4. The van der Waals surface area contributed by atoms with Gasteiger partial charge in [0.1, 0.15) is 6.33 Å². The van der Waals surface area contributed by atoms with Gasteiger partial charge in [-0.05, 0) is 18.7 Å². The molecule has 16 heavy (non-hydrogen) atoms. The van der Waals surface area contributed by atoms with E-state index in [1.165, 1.54) is 16.9 Å². The van der Waals surface area contributed by atoms with Gasteiger partial charge in [-0.3, -0.25) is 9.89 Å². The molecule has 0 atom stereocenters. The summed E-state index contributed by atoms with van der Waals surface area (Å²) in [4.78, 5) is 19.8. The first-order valence-corrected chi connectivity index (χ1v) is 6.16. The lowest BCUT2D eigenvalue weighted by atomic mass is 10.4. The zero-order valence-electron chi connectivity index (χ0n) is 8.72. The van der Waals surface area contributed by atoms with Crippen LogP contribution in [0.15, 0.2) is 17.2 Å². The van der Waals surface area contributed by atoms with E-state index in [9.17, 15) is 4.79 Å². The second-order valence-corrected chi connectivity index (χ2v) is 4.41. The van der Waals surface area contributed by atoms with Crippen molar-refractivity contribution in [2.24, 2.45) is 5.73 Å². The lowest BCUT2D eigenvalue weighted by Crippen LogP contribution is -2.15. The predicted octanol–water partition coefficient (Wildman–Crippen LogP) is -0.000400. The summed E-state index contributed by atoms with van der Waals surface area (Å²) in [5.41, 5.74) is 6.03. The van der Waals surface area contributed by atoms with Crippen LogP contribution in [0.1, 0.15) is 12.1 Å². The van der Waals surface area contributed by atoms with Gasteiger partial charge in [0.05, 0.1) is 5.69 Å². The molecular formula is C9H13N5OS. The topological polar surface area (TPSA) is 89.1 Å². The lowest BCUT2D eigenvalue weighted by molar-refractivity contribution is 0.886. The van der Waals surface area contributed by atoms with Gasteiger partial charge in [0.2, 0.25) is 0 Å². The summed E-state index contributed by atoms with van der Waals surface area (Å²) in [5, 5.41) is 2.70. The molecule has 2 rings (SSSR count). The summed E-state index contributed by atoms with van der Waals surface area (Å²) < 4.78 is 1.31. The van der Waals surface area contributed by atoms with E-state index in [1.54, 1.807) is 11.8 Å². The number of H-pyrrole nitrogens is 1. The summed E-state index contributed by atoms with van der Waals surface area (Å²) in [6.45, 7) is 0.696. The van der Waals surface area contributed by atoms with E-state index in [0.717, 1.165) is 23.6 Å². The van der Waals surface area contributed by atoms with E-state index < -0.39 is 0 Å². The third-order valence-electron chi connectivity index (χ3n) is 2.06. The van der Waals surface area contributed by atoms with Crippen LogP contribution >= 0.6 is 11.8 Å². The standard InChI is InChI=1S/C9H13N5OS/c10-2-1-3-16-5-7-4-8(15)14-9(13-7)11-6-12-14/h4,6H,1-3,5,10H2,(H,11,12,13). The molecule has 2 aromatic rings. The molecule has 3 N–H and O–H groups in total. The number of fused-ring (bicyclic) bond motifs is 1. The van der Waals surface area contributed by atoms with E-state index >= 15 is 0 Å². The van der Waals surface area contributed by atoms with Crippen molar-refractivity contribution in [3.05, 3.63) is 28.4 Å². The summed E-state index contributed by atoms with van der Waals surface area (Å²) >= 11 is 1.72. The van der Waals surface area contributed by atoms with Gasteiger partial charge in [-0.25, -0.2) is 9.97 Å². The van der Waals surface area contributed by atoms with Crippen LogP contribution in [0.5, 0.6) is 0 Å². The fourth-order valence-electron chi connectivity index (χ4n) is 1.30. The molecule has 0 saturated carbocycles. The van der Waals surface area contributed by atoms with Gasteiger partial charge in [-0.1, -0.05) is 0 Å². The van der Waals surface area contributed by atoms with Crippen LogP contribution in [0.25, 0.3) is 5.78 Å². The Bertz CT molecular complexity index is 520. The minimum Gasteiger partial charge on any atom is -0.330 e. The Balaban J connectivity index is 2.10. The van der Waals surface area contributed by atoms with Crippen LogP contribution in [-0.2, 0) is 5.75 Å². The molecule has 0 saturated heterocycles. The van der Waals surface area contributed by atoms with E-state index in [0.29, 0.717) is 12.3 Å². The first-order chi connectivity index (χ1) is 7.81. The van der Waals surface area contributed by atoms with Crippen LogP contribution in [0.3, 0.4) is 0 Å². The molecule has 7 heteroatoms. The number of hydrogen-bond acceptors (Lipinski definition) is 5. The molecule has 0 aromatic carbocycles. The Morgan fingerprint density at radius 2 is 2.44 bits per heavy atom. The second kappa shape index (κ2) is 5.13. The molecule has 0 aliphatic rings. The highest BCUT2D eigenvalue weighted by Crippen LogP contribution is 2.09. The average Bonchev–Trinajstić information content (AvgIpc) is 2.73. The molecule has 0 amide bonds. The lowest BCUT2D eigenvalue weighted by Gasteiger charge is -2.00. The molecular weight excluding hydrogens is 226 g/mol. The maximum Gasteiger partial charge on any atom is 0.274 e. The smallest absolute Gasteiger partial charge is 0.274 e. The number of aromatic amines is 1. The maximum atomic E-state index is 11.6. The number of nitrogens with zero attached hydrogens (tertiary/aromatic N) is 3. The molecule has 6 nitrogen and oxygen atoms in total.